The molecule has 1 N–H and O–H groups in total. The van der Waals surface area contributed by atoms with Crippen LogP contribution in [0.25, 0.3) is 11.1 Å². The number of hydrogen-bond donors (Lipinski definition) is 1. The summed E-state index contributed by atoms with van der Waals surface area (Å²) < 4.78 is 105. The van der Waals surface area contributed by atoms with Crippen molar-refractivity contribution in [1.29, 1.82) is 0 Å². The summed E-state index contributed by atoms with van der Waals surface area (Å²) in [6.45, 7) is 3.14. The lowest BCUT2D eigenvalue weighted by Crippen LogP contribution is -2.06. The molecule has 0 radical (unpaired) electrons. The van der Waals surface area contributed by atoms with Crippen molar-refractivity contribution in [3.05, 3.63) is 58.7 Å². The first-order valence-corrected chi connectivity index (χ1v) is 6.48. The minimum Gasteiger partial charge on any atom is -0.320 e. The molecule has 0 aliphatic rings. The van der Waals surface area contributed by atoms with Crippen LogP contribution in [-0.4, -0.2) is 13.6 Å². The fraction of sp³-hybridized carbons (Fsp3) is 0.200. The number of halogens is 8. The average molecular weight is 357 g/mol. The highest BCUT2D eigenvalue weighted by Gasteiger charge is 2.29. The summed E-state index contributed by atoms with van der Waals surface area (Å²) in [6, 6.07) is 0.665. The van der Waals surface area contributed by atoms with Crippen LogP contribution in [0.2, 0.25) is 0 Å². The summed E-state index contributed by atoms with van der Waals surface area (Å²) in [4.78, 5) is 0. The van der Waals surface area contributed by atoms with Gasteiger partial charge in [-0.25, -0.2) is 35.1 Å². The molecule has 24 heavy (non-hydrogen) atoms. The molecule has 0 heterocycles. The van der Waals surface area contributed by atoms with E-state index in [0.717, 1.165) is 6.54 Å². The zero-order chi connectivity index (χ0) is 18.6. The lowest BCUT2D eigenvalue weighted by molar-refractivity contribution is 0.380. The molecule has 0 spiro atoms. The van der Waals surface area contributed by atoms with Crippen LogP contribution in [0.1, 0.15) is 6.92 Å². The van der Waals surface area contributed by atoms with Crippen LogP contribution in [0.3, 0.4) is 0 Å². The normalized spacial score (nSPS) is 10.4. The maximum Gasteiger partial charge on any atom is 0.200 e. The van der Waals surface area contributed by atoms with Crippen LogP contribution in [-0.2, 0) is 0 Å². The Morgan fingerprint density at radius 3 is 1.50 bits per heavy atom. The lowest BCUT2D eigenvalue weighted by atomic mass is 10.0. The van der Waals surface area contributed by atoms with E-state index in [9.17, 15) is 35.1 Å². The van der Waals surface area contributed by atoms with Crippen molar-refractivity contribution in [3.8, 4) is 11.1 Å². The molecule has 0 aliphatic heterocycles. The second-order valence-corrected chi connectivity index (χ2v) is 4.37. The van der Waals surface area contributed by atoms with Gasteiger partial charge in [-0.1, -0.05) is 6.92 Å². The van der Waals surface area contributed by atoms with E-state index in [1.165, 1.54) is 0 Å². The minimum atomic E-state index is -2.44. The van der Waals surface area contributed by atoms with Gasteiger partial charge in [-0.05, 0) is 25.7 Å². The maximum absolute atomic E-state index is 13.4. The van der Waals surface area contributed by atoms with Gasteiger partial charge in [0.2, 0.25) is 5.82 Å². The molecule has 0 saturated carbocycles. The Bertz CT molecular complexity index is 714. The third-order valence-electron chi connectivity index (χ3n) is 2.87. The van der Waals surface area contributed by atoms with Crippen LogP contribution in [0.15, 0.2) is 12.1 Å². The van der Waals surface area contributed by atoms with Crippen molar-refractivity contribution in [3.63, 3.8) is 0 Å². The van der Waals surface area contributed by atoms with Gasteiger partial charge in [0, 0.05) is 5.56 Å². The molecule has 2 aromatic carbocycles. The molecule has 0 aromatic heterocycles. The van der Waals surface area contributed by atoms with Gasteiger partial charge in [-0.2, -0.15) is 0 Å². The van der Waals surface area contributed by atoms with Gasteiger partial charge in [-0.3, -0.25) is 0 Å². The van der Waals surface area contributed by atoms with Gasteiger partial charge < -0.3 is 5.32 Å². The molecule has 2 aromatic rings. The van der Waals surface area contributed by atoms with Crippen LogP contribution >= 0.6 is 0 Å². The Labute approximate surface area is 131 Å². The minimum absolute atomic E-state index is 0.297. The maximum atomic E-state index is 13.4. The topological polar surface area (TPSA) is 12.0 Å². The molecular weight excluding hydrogens is 346 g/mol. The van der Waals surface area contributed by atoms with Gasteiger partial charge in [0.05, 0.1) is 5.56 Å². The van der Waals surface area contributed by atoms with Crippen LogP contribution < -0.4 is 5.32 Å². The van der Waals surface area contributed by atoms with Crippen LogP contribution in [0, 0.1) is 46.5 Å². The van der Waals surface area contributed by atoms with Gasteiger partial charge in [0.15, 0.2) is 40.7 Å². The highest BCUT2D eigenvalue weighted by molar-refractivity contribution is 5.66. The summed E-state index contributed by atoms with van der Waals surface area (Å²) >= 11 is 0. The van der Waals surface area contributed by atoms with E-state index in [4.69, 9.17) is 0 Å². The van der Waals surface area contributed by atoms with E-state index in [2.05, 4.69) is 12.2 Å². The van der Waals surface area contributed by atoms with Crippen LogP contribution in [0.5, 0.6) is 0 Å². The SMILES string of the molecule is CCNC.Fc1ccc(-c2c(F)c(F)c(F)c(F)c2F)c(F)c1F. The van der Waals surface area contributed by atoms with Crippen molar-refractivity contribution in [1.82, 2.24) is 5.32 Å². The van der Waals surface area contributed by atoms with Crippen molar-refractivity contribution in [2.75, 3.05) is 13.6 Å². The second-order valence-electron chi connectivity index (χ2n) is 4.37. The number of benzene rings is 2. The van der Waals surface area contributed by atoms with Crippen LogP contribution in [0.4, 0.5) is 35.1 Å². The Hall–Kier alpha value is -2.16. The molecule has 2 rings (SSSR count). The molecular formula is C15H11F8N. The Morgan fingerprint density at radius 2 is 1.08 bits per heavy atom. The van der Waals surface area contributed by atoms with E-state index >= 15 is 0 Å². The summed E-state index contributed by atoms with van der Waals surface area (Å²) in [7, 11) is 1.93. The summed E-state index contributed by atoms with van der Waals surface area (Å²) in [5.74, 6) is -17.6. The van der Waals surface area contributed by atoms with Gasteiger partial charge >= 0.3 is 0 Å². The summed E-state index contributed by atoms with van der Waals surface area (Å²) in [6.07, 6.45) is 0. The van der Waals surface area contributed by atoms with E-state index in [0.29, 0.717) is 12.1 Å². The highest BCUT2D eigenvalue weighted by Crippen LogP contribution is 2.34. The summed E-state index contributed by atoms with van der Waals surface area (Å²) in [5.41, 5.74) is -2.95. The Morgan fingerprint density at radius 1 is 0.667 bits per heavy atom. The zero-order valence-electron chi connectivity index (χ0n) is 12.4. The quantitative estimate of drug-likeness (QED) is 0.467. The zero-order valence-corrected chi connectivity index (χ0v) is 12.4. The van der Waals surface area contributed by atoms with E-state index in [1.807, 2.05) is 7.05 Å². The molecule has 0 aliphatic carbocycles. The third-order valence-corrected chi connectivity index (χ3v) is 2.87. The molecule has 132 valence electrons. The summed E-state index contributed by atoms with van der Waals surface area (Å²) in [5, 5.41) is 2.93. The molecule has 0 amide bonds. The standard InChI is InChI=1S/C12H2F8.C3H9N/c13-4-2-1-3(6(14)7(4)15)5-8(16)10(18)12(20)11(19)9(5)17;1-3-4-2/h1-2H;4H,3H2,1-2H3. The first-order chi connectivity index (χ1) is 11.2. The second kappa shape index (κ2) is 8.09. The van der Waals surface area contributed by atoms with Crippen molar-refractivity contribution in [2.45, 2.75) is 6.92 Å². The largest absolute Gasteiger partial charge is 0.320 e. The average Bonchev–Trinajstić information content (AvgIpc) is 2.58. The molecule has 0 atom stereocenters. The van der Waals surface area contributed by atoms with Crippen molar-refractivity contribution < 1.29 is 35.1 Å². The number of rotatable bonds is 2. The predicted molar refractivity (Wildman–Crippen MR) is 71.1 cm³/mol. The van der Waals surface area contributed by atoms with E-state index in [1.54, 1.807) is 0 Å². The highest BCUT2D eigenvalue weighted by atomic mass is 19.2. The number of nitrogens with one attached hydrogen (secondary N) is 1. The predicted octanol–water partition coefficient (Wildman–Crippen LogP) is 4.69. The monoisotopic (exact) mass is 357 g/mol. The first kappa shape index (κ1) is 19.9. The van der Waals surface area contributed by atoms with Gasteiger partial charge in [0.25, 0.3) is 0 Å². The third kappa shape index (κ3) is 3.66. The van der Waals surface area contributed by atoms with Gasteiger partial charge in [-0.15, -0.1) is 0 Å². The molecule has 0 saturated heterocycles. The van der Waals surface area contributed by atoms with E-state index in [-0.39, 0.29) is 0 Å². The van der Waals surface area contributed by atoms with E-state index < -0.39 is 57.7 Å². The van der Waals surface area contributed by atoms with Crippen molar-refractivity contribution in [2.24, 2.45) is 0 Å². The molecule has 0 unspecified atom stereocenters. The lowest BCUT2D eigenvalue weighted by Gasteiger charge is -2.09. The molecule has 9 heteroatoms. The fourth-order valence-corrected chi connectivity index (χ4v) is 1.56. The molecule has 0 fully saturated rings. The first-order valence-electron chi connectivity index (χ1n) is 6.48. The Kier molecular flexibility index (Phi) is 6.70. The Balaban J connectivity index is 0.000000648. The molecule has 0 bridgehead atoms. The van der Waals surface area contributed by atoms with Gasteiger partial charge in [0.1, 0.15) is 0 Å². The molecule has 1 nitrogen and oxygen atoms in total. The van der Waals surface area contributed by atoms with Crippen molar-refractivity contribution >= 4 is 0 Å². The fourth-order valence-electron chi connectivity index (χ4n) is 1.56. The smallest absolute Gasteiger partial charge is 0.200 e. The number of hydrogen-bond acceptors (Lipinski definition) is 1.